The van der Waals surface area contributed by atoms with E-state index in [9.17, 15) is 8.42 Å². The molecule has 0 aliphatic carbocycles. The average molecular weight is 316 g/mol. The molecule has 7 heteroatoms. The van der Waals surface area contributed by atoms with Gasteiger partial charge in [-0.3, -0.25) is 0 Å². The summed E-state index contributed by atoms with van der Waals surface area (Å²) >= 11 is 0. The molecule has 0 radical (unpaired) electrons. The Kier molecular flexibility index (Phi) is 8.29. The van der Waals surface area contributed by atoms with Crippen molar-refractivity contribution in [2.45, 2.75) is 18.6 Å². The van der Waals surface area contributed by atoms with E-state index >= 15 is 0 Å². The van der Waals surface area contributed by atoms with E-state index in [2.05, 4.69) is 4.72 Å². The number of hydrogen-bond acceptors (Lipinski definition) is 5. The Labute approximate surface area is 126 Å². The lowest BCUT2D eigenvalue weighted by molar-refractivity contribution is 0.0689. The normalized spacial score (nSPS) is 11.7. The summed E-state index contributed by atoms with van der Waals surface area (Å²) in [6.07, 6.45) is 1.54. The molecule has 0 fully saturated rings. The smallest absolute Gasteiger partial charge is 0.215 e. The summed E-state index contributed by atoms with van der Waals surface area (Å²) in [5.74, 6) is -0.0932. The van der Waals surface area contributed by atoms with Crippen molar-refractivity contribution < 1.29 is 17.9 Å². The van der Waals surface area contributed by atoms with Gasteiger partial charge in [-0.05, 0) is 24.5 Å². The first-order valence-corrected chi connectivity index (χ1v) is 8.58. The number of para-hydroxylation sites is 1. The molecule has 1 aromatic rings. The van der Waals surface area contributed by atoms with Crippen LogP contribution in [0.4, 0.5) is 5.69 Å². The molecule has 0 spiro atoms. The van der Waals surface area contributed by atoms with Crippen molar-refractivity contribution in [1.82, 2.24) is 4.72 Å². The van der Waals surface area contributed by atoms with Crippen LogP contribution in [0.5, 0.6) is 0 Å². The van der Waals surface area contributed by atoms with E-state index < -0.39 is 10.0 Å². The fourth-order valence-corrected chi connectivity index (χ4v) is 2.95. The second kappa shape index (κ2) is 9.73. The van der Waals surface area contributed by atoms with Gasteiger partial charge in [0.1, 0.15) is 0 Å². The number of nitrogens with one attached hydrogen (secondary N) is 1. The van der Waals surface area contributed by atoms with Crippen molar-refractivity contribution in [3.8, 4) is 0 Å². The molecule has 0 aliphatic heterocycles. The zero-order valence-corrected chi connectivity index (χ0v) is 13.2. The molecule has 0 amide bonds. The maximum Gasteiger partial charge on any atom is 0.215 e. The minimum absolute atomic E-state index is 0.0932. The van der Waals surface area contributed by atoms with Crippen molar-refractivity contribution in [1.29, 1.82) is 0 Å². The van der Waals surface area contributed by atoms with Crippen LogP contribution in [0.2, 0.25) is 0 Å². The van der Waals surface area contributed by atoms with Crippen LogP contribution in [0.3, 0.4) is 0 Å². The average Bonchev–Trinajstić information content (AvgIpc) is 2.44. The van der Waals surface area contributed by atoms with Gasteiger partial charge in [-0.1, -0.05) is 18.2 Å². The van der Waals surface area contributed by atoms with E-state index in [1.54, 1.807) is 31.4 Å². The van der Waals surface area contributed by atoms with Crippen LogP contribution in [0, 0.1) is 0 Å². The van der Waals surface area contributed by atoms with E-state index in [1.807, 2.05) is 0 Å². The molecule has 1 aromatic carbocycles. The number of nitrogen functional groups attached to an aromatic ring is 1. The van der Waals surface area contributed by atoms with Crippen LogP contribution >= 0.6 is 0 Å². The highest BCUT2D eigenvalue weighted by molar-refractivity contribution is 7.88. The van der Waals surface area contributed by atoms with Crippen LogP contribution in [-0.4, -0.2) is 41.9 Å². The quantitative estimate of drug-likeness (QED) is 0.472. The fraction of sp³-hybridized carbons (Fsp3) is 0.571. The van der Waals surface area contributed by atoms with Crippen molar-refractivity contribution in [2.24, 2.45) is 0 Å². The number of unbranched alkanes of at least 4 members (excludes halogenated alkanes) is 1. The molecule has 1 rings (SSSR count). The number of methoxy groups -OCH3 is 1. The molecule has 0 bridgehead atoms. The first-order valence-electron chi connectivity index (χ1n) is 6.92. The van der Waals surface area contributed by atoms with E-state index in [4.69, 9.17) is 15.2 Å². The van der Waals surface area contributed by atoms with E-state index in [0.29, 0.717) is 37.6 Å². The Bertz CT molecular complexity index is 505. The third kappa shape index (κ3) is 8.01. The van der Waals surface area contributed by atoms with Gasteiger partial charge in [0, 0.05) is 25.9 Å². The van der Waals surface area contributed by atoms with Crippen LogP contribution in [-0.2, 0) is 25.2 Å². The number of hydrogen-bond donors (Lipinski definition) is 2. The van der Waals surface area contributed by atoms with Gasteiger partial charge in [-0.25, -0.2) is 13.1 Å². The fourth-order valence-electron chi connectivity index (χ4n) is 1.72. The molecule has 0 saturated carbocycles. The summed E-state index contributed by atoms with van der Waals surface area (Å²) in [5.41, 5.74) is 6.86. The summed E-state index contributed by atoms with van der Waals surface area (Å²) in [7, 11) is -1.73. The zero-order valence-electron chi connectivity index (χ0n) is 12.4. The predicted octanol–water partition coefficient (Wildman–Crippen LogP) is 1.13. The van der Waals surface area contributed by atoms with Gasteiger partial charge in [-0.15, -0.1) is 0 Å². The Morgan fingerprint density at radius 1 is 1.14 bits per heavy atom. The molecule has 6 nitrogen and oxygen atoms in total. The van der Waals surface area contributed by atoms with Crippen LogP contribution in [0.15, 0.2) is 24.3 Å². The first kappa shape index (κ1) is 17.9. The van der Waals surface area contributed by atoms with Gasteiger partial charge in [0.25, 0.3) is 0 Å². The second-order valence-corrected chi connectivity index (χ2v) is 6.47. The van der Waals surface area contributed by atoms with Crippen molar-refractivity contribution in [2.75, 3.05) is 39.2 Å². The highest BCUT2D eigenvalue weighted by atomic mass is 32.2. The van der Waals surface area contributed by atoms with Gasteiger partial charge in [0.05, 0.1) is 19.0 Å². The number of anilines is 1. The lowest BCUT2D eigenvalue weighted by atomic mass is 10.2. The molecule has 3 N–H and O–H groups in total. The van der Waals surface area contributed by atoms with E-state index in [-0.39, 0.29) is 5.75 Å². The molecule has 0 aromatic heterocycles. The summed E-state index contributed by atoms with van der Waals surface area (Å²) in [5, 5.41) is 0. The van der Waals surface area contributed by atoms with Gasteiger partial charge < -0.3 is 15.2 Å². The lowest BCUT2D eigenvalue weighted by Gasteiger charge is -2.08. The third-order valence-electron chi connectivity index (χ3n) is 2.87. The van der Waals surface area contributed by atoms with Crippen molar-refractivity contribution in [3.63, 3.8) is 0 Å². The molecule has 0 saturated heterocycles. The first-order chi connectivity index (χ1) is 10.0. The third-order valence-corrected chi connectivity index (χ3v) is 4.20. The number of sulfonamides is 1. The maximum absolute atomic E-state index is 11.9. The largest absolute Gasteiger partial charge is 0.398 e. The monoisotopic (exact) mass is 316 g/mol. The summed E-state index contributed by atoms with van der Waals surface area (Å²) < 4.78 is 36.5. The standard InChI is InChI=1S/C14H24N2O4S/c1-19-10-11-20-9-5-4-8-16-21(17,18)12-13-6-2-3-7-14(13)15/h2-3,6-7,16H,4-5,8-12,15H2,1H3. The van der Waals surface area contributed by atoms with Gasteiger partial charge >= 0.3 is 0 Å². The Hall–Kier alpha value is -1.15. The zero-order chi connectivity index (χ0) is 15.6. The predicted molar refractivity (Wildman–Crippen MR) is 83.4 cm³/mol. The van der Waals surface area contributed by atoms with E-state index in [1.165, 1.54) is 0 Å². The topological polar surface area (TPSA) is 90.6 Å². The maximum atomic E-state index is 11.9. The Morgan fingerprint density at radius 3 is 2.62 bits per heavy atom. The molecule has 120 valence electrons. The van der Waals surface area contributed by atoms with Crippen LogP contribution < -0.4 is 10.5 Å². The molecule has 0 aliphatic rings. The number of benzene rings is 1. The number of nitrogens with two attached hydrogens (primary N) is 1. The van der Waals surface area contributed by atoms with E-state index in [0.717, 1.165) is 12.8 Å². The highest BCUT2D eigenvalue weighted by Crippen LogP contribution is 2.13. The molecule has 0 unspecified atom stereocenters. The minimum atomic E-state index is -3.35. The van der Waals surface area contributed by atoms with Crippen LogP contribution in [0.1, 0.15) is 18.4 Å². The van der Waals surface area contributed by atoms with Gasteiger partial charge in [0.2, 0.25) is 10.0 Å². The van der Waals surface area contributed by atoms with Crippen LogP contribution in [0.25, 0.3) is 0 Å². The second-order valence-electron chi connectivity index (χ2n) is 4.66. The number of rotatable bonds is 11. The number of ether oxygens (including phenoxy) is 2. The summed E-state index contributed by atoms with van der Waals surface area (Å²) in [4.78, 5) is 0. The molecular formula is C14H24N2O4S. The molecule has 0 heterocycles. The Morgan fingerprint density at radius 2 is 1.90 bits per heavy atom. The van der Waals surface area contributed by atoms with Gasteiger partial charge in [0.15, 0.2) is 0 Å². The molecule has 0 atom stereocenters. The van der Waals surface area contributed by atoms with Gasteiger partial charge in [-0.2, -0.15) is 0 Å². The molecule has 21 heavy (non-hydrogen) atoms. The molecular weight excluding hydrogens is 292 g/mol. The van der Waals surface area contributed by atoms with Crippen molar-refractivity contribution >= 4 is 15.7 Å². The lowest BCUT2D eigenvalue weighted by Crippen LogP contribution is -2.26. The highest BCUT2D eigenvalue weighted by Gasteiger charge is 2.12. The van der Waals surface area contributed by atoms with Crippen molar-refractivity contribution in [3.05, 3.63) is 29.8 Å². The summed E-state index contributed by atoms with van der Waals surface area (Å²) in [6, 6.07) is 6.97. The summed E-state index contributed by atoms with van der Waals surface area (Å²) in [6.45, 7) is 2.15. The Balaban J connectivity index is 2.20. The SMILES string of the molecule is COCCOCCCCNS(=O)(=O)Cc1ccccc1N. The minimum Gasteiger partial charge on any atom is -0.398 e.